The molecule has 3 aromatic carbocycles. The molecule has 0 radical (unpaired) electrons. The Labute approximate surface area is 150 Å². The topological polar surface area (TPSA) is 76.5 Å². The van der Waals surface area contributed by atoms with Crippen molar-refractivity contribution < 1.29 is 14.6 Å². The molecule has 6 nitrogen and oxygen atoms in total. The van der Waals surface area contributed by atoms with Gasteiger partial charge in [0.2, 0.25) is 0 Å². The van der Waals surface area contributed by atoms with Crippen LogP contribution < -0.4 is 14.8 Å². The second kappa shape index (κ2) is 6.40. The number of fused-ring (bicyclic) bond motifs is 2. The molecule has 1 heterocycles. The average molecular weight is 347 g/mol. The Kier molecular flexibility index (Phi) is 3.93. The van der Waals surface area contributed by atoms with Gasteiger partial charge in [0, 0.05) is 11.5 Å². The first-order valence-corrected chi connectivity index (χ1v) is 8.05. The van der Waals surface area contributed by atoms with Gasteiger partial charge in [0.05, 0.1) is 25.4 Å². The van der Waals surface area contributed by atoms with Crippen LogP contribution in [0.1, 0.15) is 0 Å². The quantitative estimate of drug-likeness (QED) is 0.538. The average Bonchev–Trinajstić information content (AvgIpc) is 2.67. The van der Waals surface area contributed by atoms with Crippen LogP contribution in [0.3, 0.4) is 0 Å². The fourth-order valence-electron chi connectivity index (χ4n) is 2.94. The number of nitrogens with one attached hydrogen (secondary N) is 1. The van der Waals surface area contributed by atoms with E-state index < -0.39 is 0 Å². The highest BCUT2D eigenvalue weighted by Gasteiger charge is 2.12. The van der Waals surface area contributed by atoms with E-state index in [1.54, 1.807) is 26.4 Å². The van der Waals surface area contributed by atoms with E-state index in [-0.39, 0.29) is 5.75 Å². The Morgan fingerprint density at radius 2 is 1.58 bits per heavy atom. The summed E-state index contributed by atoms with van der Waals surface area (Å²) >= 11 is 0. The normalized spacial score (nSPS) is 10.8. The van der Waals surface area contributed by atoms with E-state index in [0.717, 1.165) is 16.2 Å². The van der Waals surface area contributed by atoms with Gasteiger partial charge in [-0.3, -0.25) is 0 Å². The van der Waals surface area contributed by atoms with Gasteiger partial charge in [0.15, 0.2) is 11.5 Å². The zero-order valence-corrected chi connectivity index (χ0v) is 14.4. The minimum absolute atomic E-state index is 0.149. The van der Waals surface area contributed by atoms with Crippen LogP contribution >= 0.6 is 0 Å². The van der Waals surface area contributed by atoms with Crippen LogP contribution in [0, 0.1) is 0 Å². The Hall–Kier alpha value is -3.54. The van der Waals surface area contributed by atoms with Crippen molar-refractivity contribution in [3.05, 3.63) is 54.9 Å². The van der Waals surface area contributed by atoms with Gasteiger partial charge in [-0.25, -0.2) is 9.97 Å². The lowest BCUT2D eigenvalue weighted by molar-refractivity contribution is 0.356. The Morgan fingerprint density at radius 1 is 0.885 bits per heavy atom. The zero-order valence-electron chi connectivity index (χ0n) is 14.4. The zero-order chi connectivity index (χ0) is 18.1. The lowest BCUT2D eigenvalue weighted by Gasteiger charge is -2.13. The Bertz CT molecular complexity index is 1110. The van der Waals surface area contributed by atoms with Crippen molar-refractivity contribution in [3.63, 3.8) is 0 Å². The summed E-state index contributed by atoms with van der Waals surface area (Å²) in [6.45, 7) is 0. The third kappa shape index (κ3) is 2.71. The highest BCUT2D eigenvalue weighted by Crippen LogP contribution is 2.36. The molecule has 0 spiro atoms. The predicted molar refractivity (Wildman–Crippen MR) is 102 cm³/mol. The molecule has 0 unspecified atom stereocenters. The number of aromatic hydroxyl groups is 1. The number of anilines is 2. The molecule has 4 aromatic rings. The molecule has 1 aromatic heterocycles. The molecule has 0 saturated heterocycles. The summed E-state index contributed by atoms with van der Waals surface area (Å²) in [6.07, 6.45) is 1.47. The van der Waals surface area contributed by atoms with Crippen LogP contribution in [0.15, 0.2) is 54.9 Å². The van der Waals surface area contributed by atoms with E-state index in [1.807, 2.05) is 36.4 Å². The van der Waals surface area contributed by atoms with Gasteiger partial charge in [-0.2, -0.15) is 0 Å². The van der Waals surface area contributed by atoms with Crippen LogP contribution in [-0.2, 0) is 0 Å². The summed E-state index contributed by atoms with van der Waals surface area (Å²) < 4.78 is 10.7. The summed E-state index contributed by atoms with van der Waals surface area (Å²) in [4.78, 5) is 8.62. The number of rotatable bonds is 4. The largest absolute Gasteiger partial charge is 0.506 e. The molecule has 0 aliphatic rings. The first-order chi connectivity index (χ1) is 12.7. The highest BCUT2D eigenvalue weighted by atomic mass is 16.5. The molecule has 2 N–H and O–H groups in total. The monoisotopic (exact) mass is 347 g/mol. The van der Waals surface area contributed by atoms with Gasteiger partial charge in [0.1, 0.15) is 17.9 Å². The van der Waals surface area contributed by atoms with Crippen LogP contribution in [-0.4, -0.2) is 29.3 Å². The molecule has 0 bridgehead atoms. The van der Waals surface area contributed by atoms with Crippen LogP contribution in [0.4, 0.5) is 11.5 Å². The molecule has 4 rings (SSSR count). The molecule has 0 amide bonds. The van der Waals surface area contributed by atoms with Crippen molar-refractivity contribution in [2.24, 2.45) is 0 Å². The number of hydrogen-bond donors (Lipinski definition) is 2. The third-order valence-corrected chi connectivity index (χ3v) is 4.26. The summed E-state index contributed by atoms with van der Waals surface area (Å²) in [7, 11) is 3.16. The molecule has 0 fully saturated rings. The second-order valence-electron chi connectivity index (χ2n) is 5.79. The van der Waals surface area contributed by atoms with Crippen molar-refractivity contribution in [2.45, 2.75) is 0 Å². The molecule has 0 saturated carbocycles. The van der Waals surface area contributed by atoms with E-state index in [0.29, 0.717) is 28.5 Å². The Morgan fingerprint density at radius 3 is 2.31 bits per heavy atom. The second-order valence-corrected chi connectivity index (χ2v) is 5.79. The van der Waals surface area contributed by atoms with Gasteiger partial charge in [-0.15, -0.1) is 0 Å². The number of nitrogens with zero attached hydrogens (tertiary/aromatic N) is 2. The van der Waals surface area contributed by atoms with E-state index in [1.165, 1.54) is 6.33 Å². The summed E-state index contributed by atoms with van der Waals surface area (Å²) in [5.41, 5.74) is 1.28. The number of benzene rings is 3. The van der Waals surface area contributed by atoms with E-state index in [4.69, 9.17) is 9.47 Å². The lowest BCUT2D eigenvalue weighted by Crippen LogP contribution is -1.98. The number of ether oxygens (including phenoxy) is 2. The third-order valence-electron chi connectivity index (χ3n) is 4.26. The number of phenols is 1. The van der Waals surface area contributed by atoms with Crippen LogP contribution in [0.2, 0.25) is 0 Å². The van der Waals surface area contributed by atoms with Gasteiger partial charge >= 0.3 is 0 Å². The van der Waals surface area contributed by atoms with Crippen molar-refractivity contribution >= 4 is 33.2 Å². The molecule has 0 aliphatic carbocycles. The first-order valence-electron chi connectivity index (χ1n) is 8.05. The maximum atomic E-state index is 10.4. The maximum Gasteiger partial charge on any atom is 0.162 e. The van der Waals surface area contributed by atoms with E-state index in [2.05, 4.69) is 15.3 Å². The van der Waals surface area contributed by atoms with Crippen molar-refractivity contribution in [1.82, 2.24) is 9.97 Å². The minimum Gasteiger partial charge on any atom is -0.506 e. The number of phenolic OH excluding ortho intramolecular Hbond substituents is 1. The molecule has 26 heavy (non-hydrogen) atoms. The maximum absolute atomic E-state index is 10.4. The first kappa shape index (κ1) is 16.0. The van der Waals surface area contributed by atoms with Crippen molar-refractivity contribution in [2.75, 3.05) is 19.5 Å². The standard InChI is InChI=1S/C20H17N3O3/c1-25-18-9-14-15(10-19(18)26-2)21-11-22-20(14)23-16-7-12-5-3-4-6-13(12)8-17(16)24/h3-11,24H,1-2H3,(H,21,22,23). The predicted octanol–water partition coefficient (Wildman–Crippen LogP) is 4.25. The van der Waals surface area contributed by atoms with Crippen molar-refractivity contribution in [1.29, 1.82) is 0 Å². The number of aromatic nitrogens is 2. The SMILES string of the molecule is COc1cc2ncnc(Nc3cc4ccccc4cc3O)c2cc1OC. The van der Waals surface area contributed by atoms with Crippen LogP contribution in [0.25, 0.3) is 21.7 Å². The minimum atomic E-state index is 0.149. The van der Waals surface area contributed by atoms with Crippen LogP contribution in [0.5, 0.6) is 17.2 Å². The molecule has 0 aliphatic heterocycles. The number of hydrogen-bond acceptors (Lipinski definition) is 6. The van der Waals surface area contributed by atoms with Gasteiger partial charge in [-0.1, -0.05) is 24.3 Å². The summed E-state index contributed by atoms with van der Waals surface area (Å²) in [5, 5.41) is 16.3. The molecule has 130 valence electrons. The molecular formula is C20H17N3O3. The number of methoxy groups -OCH3 is 2. The fourth-order valence-corrected chi connectivity index (χ4v) is 2.94. The highest BCUT2D eigenvalue weighted by molar-refractivity contribution is 5.95. The van der Waals surface area contributed by atoms with Gasteiger partial charge in [-0.05, 0) is 29.0 Å². The summed E-state index contributed by atoms with van der Waals surface area (Å²) in [5.74, 6) is 1.90. The van der Waals surface area contributed by atoms with E-state index >= 15 is 0 Å². The molecule has 6 heteroatoms. The Balaban J connectivity index is 1.83. The smallest absolute Gasteiger partial charge is 0.162 e. The lowest BCUT2D eigenvalue weighted by atomic mass is 10.1. The summed E-state index contributed by atoms with van der Waals surface area (Å²) in [6, 6.07) is 15.1. The molecular weight excluding hydrogens is 330 g/mol. The van der Waals surface area contributed by atoms with Gasteiger partial charge in [0.25, 0.3) is 0 Å². The van der Waals surface area contributed by atoms with Gasteiger partial charge < -0.3 is 19.9 Å². The molecule has 0 atom stereocenters. The van der Waals surface area contributed by atoms with E-state index in [9.17, 15) is 5.11 Å². The van der Waals surface area contributed by atoms with Crippen molar-refractivity contribution in [3.8, 4) is 17.2 Å². The fraction of sp³-hybridized carbons (Fsp3) is 0.100.